The van der Waals surface area contributed by atoms with Gasteiger partial charge in [0.1, 0.15) is 11.4 Å². The number of hydrogen-bond donors (Lipinski definition) is 1. The maximum atomic E-state index is 11.9. The molecule has 1 amide bonds. The van der Waals surface area contributed by atoms with Crippen molar-refractivity contribution in [2.75, 3.05) is 6.54 Å². The van der Waals surface area contributed by atoms with Gasteiger partial charge in [0.25, 0.3) is 5.91 Å². The summed E-state index contributed by atoms with van der Waals surface area (Å²) < 4.78 is 2.77. The van der Waals surface area contributed by atoms with Gasteiger partial charge in [-0.1, -0.05) is 22.0 Å². The average Bonchev–Trinajstić information content (AvgIpc) is 3.03. The quantitative estimate of drug-likeness (QED) is 0.738. The van der Waals surface area contributed by atoms with E-state index in [4.69, 9.17) is 0 Å². The molecular weight excluding hydrogens is 370 g/mol. The van der Waals surface area contributed by atoms with Crippen LogP contribution in [0.4, 0.5) is 0 Å². The highest BCUT2D eigenvalue weighted by Gasteiger charge is 2.20. The molecular formula is C17H14BrN5O. The van der Waals surface area contributed by atoms with Gasteiger partial charge in [0.15, 0.2) is 5.82 Å². The summed E-state index contributed by atoms with van der Waals surface area (Å²) in [5, 5.41) is 7.31. The van der Waals surface area contributed by atoms with Crippen LogP contribution in [0, 0.1) is 6.92 Å². The lowest BCUT2D eigenvalue weighted by molar-refractivity contribution is 0.0924. The fourth-order valence-corrected chi connectivity index (χ4v) is 2.93. The van der Waals surface area contributed by atoms with E-state index in [0.717, 1.165) is 15.6 Å². The van der Waals surface area contributed by atoms with E-state index < -0.39 is 0 Å². The highest BCUT2D eigenvalue weighted by molar-refractivity contribution is 9.10. The van der Waals surface area contributed by atoms with E-state index in [0.29, 0.717) is 36.0 Å². The Hall–Kier alpha value is -2.54. The Balaban J connectivity index is 1.75. The minimum atomic E-state index is -0.0992. The third-order valence-electron chi connectivity index (χ3n) is 3.96. The summed E-state index contributed by atoms with van der Waals surface area (Å²) in [4.78, 5) is 20.9. The summed E-state index contributed by atoms with van der Waals surface area (Å²) in [6, 6.07) is 9.58. The molecule has 2 aromatic heterocycles. The van der Waals surface area contributed by atoms with E-state index in [1.807, 2.05) is 31.2 Å². The number of aryl methyl sites for hydroxylation is 1. The summed E-state index contributed by atoms with van der Waals surface area (Å²) >= 11 is 3.50. The molecule has 6 nitrogen and oxygen atoms in total. The van der Waals surface area contributed by atoms with Crippen molar-refractivity contribution in [3.05, 3.63) is 52.3 Å². The fourth-order valence-electron chi connectivity index (χ4n) is 2.69. The maximum Gasteiger partial charge on any atom is 0.269 e. The third-order valence-corrected chi connectivity index (χ3v) is 4.85. The molecule has 24 heavy (non-hydrogen) atoms. The molecule has 1 aromatic carbocycles. The highest BCUT2D eigenvalue weighted by Crippen LogP contribution is 2.25. The van der Waals surface area contributed by atoms with Gasteiger partial charge in [0.2, 0.25) is 0 Å². The zero-order valence-corrected chi connectivity index (χ0v) is 14.5. The first kappa shape index (κ1) is 15.0. The summed E-state index contributed by atoms with van der Waals surface area (Å²) in [5.74, 6) is 0.538. The first-order chi connectivity index (χ1) is 11.6. The molecule has 0 fully saturated rings. The van der Waals surface area contributed by atoms with Gasteiger partial charge in [-0.05, 0) is 36.8 Å². The topological polar surface area (TPSA) is 72.7 Å². The van der Waals surface area contributed by atoms with Crippen molar-refractivity contribution in [3.8, 4) is 22.8 Å². The van der Waals surface area contributed by atoms with Crippen LogP contribution in [0.1, 0.15) is 16.1 Å². The van der Waals surface area contributed by atoms with E-state index in [1.165, 1.54) is 0 Å². The number of aromatic nitrogens is 4. The molecule has 1 aliphatic heterocycles. The zero-order valence-electron chi connectivity index (χ0n) is 13.0. The predicted molar refractivity (Wildman–Crippen MR) is 93.5 cm³/mol. The molecule has 0 unspecified atom stereocenters. The number of carbonyl (C=O) groups is 1. The minimum absolute atomic E-state index is 0.0992. The van der Waals surface area contributed by atoms with Gasteiger partial charge in [-0.15, -0.1) is 0 Å². The van der Waals surface area contributed by atoms with Crippen LogP contribution in [0.3, 0.4) is 0 Å². The molecule has 4 rings (SSSR count). The van der Waals surface area contributed by atoms with E-state index in [9.17, 15) is 4.79 Å². The number of hydrogen-bond acceptors (Lipinski definition) is 4. The molecule has 0 atom stereocenters. The van der Waals surface area contributed by atoms with Gasteiger partial charge in [0.05, 0.1) is 12.2 Å². The number of halogens is 1. The second-order valence-electron chi connectivity index (χ2n) is 5.62. The lowest BCUT2D eigenvalue weighted by Crippen LogP contribution is -2.35. The van der Waals surface area contributed by atoms with Gasteiger partial charge in [0, 0.05) is 22.8 Å². The van der Waals surface area contributed by atoms with Crippen molar-refractivity contribution in [2.45, 2.75) is 13.5 Å². The molecule has 3 heterocycles. The molecule has 0 saturated carbocycles. The van der Waals surface area contributed by atoms with Crippen molar-refractivity contribution < 1.29 is 4.79 Å². The van der Waals surface area contributed by atoms with Crippen LogP contribution >= 0.6 is 15.9 Å². The zero-order chi connectivity index (χ0) is 16.7. The summed E-state index contributed by atoms with van der Waals surface area (Å²) in [5.41, 5.74) is 4.01. The van der Waals surface area contributed by atoms with Gasteiger partial charge in [-0.25, -0.2) is 9.97 Å². The molecule has 0 bridgehead atoms. The first-order valence-corrected chi connectivity index (χ1v) is 8.37. The Labute approximate surface area is 147 Å². The number of fused-ring (bicyclic) bond motifs is 1. The molecule has 0 radical (unpaired) electrons. The Morgan fingerprint density at radius 2 is 2.08 bits per heavy atom. The van der Waals surface area contributed by atoms with E-state index in [-0.39, 0.29) is 5.91 Å². The van der Waals surface area contributed by atoms with Crippen LogP contribution in [-0.4, -0.2) is 32.2 Å². The third kappa shape index (κ3) is 2.60. The van der Waals surface area contributed by atoms with Crippen LogP contribution in [0.15, 0.2) is 41.0 Å². The number of benzene rings is 1. The monoisotopic (exact) mass is 383 g/mol. The second kappa shape index (κ2) is 5.83. The van der Waals surface area contributed by atoms with Crippen molar-refractivity contribution in [3.63, 3.8) is 0 Å². The normalized spacial score (nSPS) is 13.5. The van der Waals surface area contributed by atoms with Gasteiger partial charge >= 0.3 is 0 Å². The molecule has 1 N–H and O–H groups in total. The van der Waals surface area contributed by atoms with Gasteiger partial charge in [-0.3, -0.25) is 9.48 Å². The van der Waals surface area contributed by atoms with Crippen molar-refractivity contribution in [1.82, 2.24) is 25.1 Å². The molecule has 0 saturated heterocycles. The van der Waals surface area contributed by atoms with Crippen molar-refractivity contribution in [2.24, 2.45) is 0 Å². The van der Waals surface area contributed by atoms with E-state index in [2.05, 4.69) is 36.3 Å². The maximum absolute atomic E-state index is 11.9. The van der Waals surface area contributed by atoms with E-state index in [1.54, 1.807) is 16.9 Å². The fraction of sp³-hybridized carbons (Fsp3) is 0.176. The van der Waals surface area contributed by atoms with Crippen LogP contribution in [-0.2, 0) is 6.54 Å². The van der Waals surface area contributed by atoms with Crippen LogP contribution < -0.4 is 5.32 Å². The molecule has 3 aromatic rings. The van der Waals surface area contributed by atoms with Crippen molar-refractivity contribution in [1.29, 1.82) is 0 Å². The van der Waals surface area contributed by atoms with Gasteiger partial charge in [-0.2, -0.15) is 5.10 Å². The standard InChI is InChI=1S/C17H14BrN5O/c1-10-8-11(2-3-12(10)18)16-19-5-4-13(21-16)14-9-15-17(24)20-6-7-23(15)22-14/h2-5,8-9H,6-7H2,1H3,(H,20,24). The first-order valence-electron chi connectivity index (χ1n) is 7.58. The number of amides is 1. The number of nitrogens with one attached hydrogen (secondary N) is 1. The molecule has 0 spiro atoms. The predicted octanol–water partition coefficient (Wildman–Crippen LogP) is 2.82. The van der Waals surface area contributed by atoms with Gasteiger partial charge < -0.3 is 5.32 Å². The van der Waals surface area contributed by atoms with Crippen LogP contribution in [0.2, 0.25) is 0 Å². The molecule has 1 aliphatic rings. The molecule has 0 aliphatic carbocycles. The Bertz CT molecular complexity index is 950. The number of carbonyl (C=O) groups excluding carboxylic acids is 1. The molecule has 7 heteroatoms. The molecule has 120 valence electrons. The Morgan fingerprint density at radius 3 is 2.88 bits per heavy atom. The Kier molecular flexibility index (Phi) is 3.65. The summed E-state index contributed by atoms with van der Waals surface area (Å²) in [6.07, 6.45) is 1.72. The van der Waals surface area contributed by atoms with E-state index >= 15 is 0 Å². The van der Waals surface area contributed by atoms with Crippen LogP contribution in [0.5, 0.6) is 0 Å². The van der Waals surface area contributed by atoms with Crippen LogP contribution in [0.25, 0.3) is 22.8 Å². The highest BCUT2D eigenvalue weighted by atomic mass is 79.9. The minimum Gasteiger partial charge on any atom is -0.349 e. The van der Waals surface area contributed by atoms with Crippen molar-refractivity contribution >= 4 is 21.8 Å². The number of nitrogens with zero attached hydrogens (tertiary/aromatic N) is 4. The lowest BCUT2D eigenvalue weighted by atomic mass is 10.1. The number of rotatable bonds is 2. The smallest absolute Gasteiger partial charge is 0.269 e. The average molecular weight is 384 g/mol. The SMILES string of the molecule is Cc1cc(-c2nccc(-c3cc4n(n3)CCNC4=O)n2)ccc1Br. The largest absolute Gasteiger partial charge is 0.349 e. The second-order valence-corrected chi connectivity index (χ2v) is 6.48. The Morgan fingerprint density at radius 1 is 1.21 bits per heavy atom. The lowest BCUT2D eigenvalue weighted by Gasteiger charge is -2.13. The summed E-state index contributed by atoms with van der Waals surface area (Å²) in [7, 11) is 0. The summed E-state index contributed by atoms with van der Waals surface area (Å²) in [6.45, 7) is 3.30.